The lowest BCUT2D eigenvalue weighted by Crippen LogP contribution is -2.40. The summed E-state index contributed by atoms with van der Waals surface area (Å²) in [5.41, 5.74) is 0.313. The van der Waals surface area contributed by atoms with Gasteiger partial charge in [-0.3, -0.25) is 14.0 Å². The number of aliphatic carboxylic acids is 1. The molecule has 1 aliphatic rings. The maximum absolute atomic E-state index is 12.4. The Morgan fingerprint density at radius 1 is 1.28 bits per heavy atom. The van der Waals surface area contributed by atoms with Crippen molar-refractivity contribution in [3.05, 3.63) is 34.9 Å². The molecule has 1 fully saturated rings. The van der Waals surface area contributed by atoms with Crippen molar-refractivity contribution >= 4 is 17.5 Å². The molecule has 8 heteroatoms. The summed E-state index contributed by atoms with van der Waals surface area (Å²) in [6.45, 7) is 1.55. The molecule has 2 aromatic rings. The highest BCUT2D eigenvalue weighted by atomic mass is 16.4. The van der Waals surface area contributed by atoms with E-state index < -0.39 is 5.97 Å². The van der Waals surface area contributed by atoms with Gasteiger partial charge in [0.15, 0.2) is 5.65 Å². The summed E-state index contributed by atoms with van der Waals surface area (Å²) in [5.74, 6) is -0.564. The lowest BCUT2D eigenvalue weighted by Gasteiger charge is -2.32. The summed E-state index contributed by atoms with van der Waals surface area (Å²) in [4.78, 5) is 37.1. The van der Waals surface area contributed by atoms with Gasteiger partial charge in [-0.05, 0) is 37.3 Å². The number of carbonyl (C=O) groups is 2. The number of pyridine rings is 1. The molecule has 0 aromatic carbocycles. The number of carbonyl (C=O) groups excluding carboxylic acids is 1. The predicted molar refractivity (Wildman–Crippen MR) is 90.2 cm³/mol. The van der Waals surface area contributed by atoms with Crippen molar-refractivity contribution in [2.24, 2.45) is 5.92 Å². The molecule has 0 bridgehead atoms. The second-order valence-electron chi connectivity index (χ2n) is 6.46. The van der Waals surface area contributed by atoms with Gasteiger partial charge in [0.1, 0.15) is 0 Å². The number of hydrogen-bond acceptors (Lipinski definition) is 4. The summed E-state index contributed by atoms with van der Waals surface area (Å²) in [5, 5.41) is 13.0. The van der Waals surface area contributed by atoms with Crippen LogP contribution in [0.2, 0.25) is 0 Å². The van der Waals surface area contributed by atoms with E-state index in [0.29, 0.717) is 25.2 Å². The zero-order valence-corrected chi connectivity index (χ0v) is 14.0. The molecule has 1 atom stereocenters. The van der Waals surface area contributed by atoms with Crippen molar-refractivity contribution in [1.29, 1.82) is 0 Å². The number of hydrogen-bond donors (Lipinski definition) is 1. The number of carboxylic acid groups (broad SMARTS) is 1. The molecular weight excluding hydrogens is 324 g/mol. The minimum Gasteiger partial charge on any atom is -0.481 e. The summed E-state index contributed by atoms with van der Waals surface area (Å²) in [7, 11) is 0. The second-order valence-corrected chi connectivity index (χ2v) is 6.46. The fraction of sp³-hybridized carbons (Fsp3) is 0.529. The molecule has 1 saturated heterocycles. The Balaban J connectivity index is 1.57. The van der Waals surface area contributed by atoms with Crippen LogP contribution in [0.5, 0.6) is 0 Å². The Morgan fingerprint density at radius 2 is 2.12 bits per heavy atom. The fourth-order valence-corrected chi connectivity index (χ4v) is 3.33. The first-order valence-electron chi connectivity index (χ1n) is 8.58. The standard InChI is InChI=1S/C17H22N4O4/c22-15(19-9-3-4-13(12-19)6-7-16(23)24)8-11-21-17(25)20-10-2-1-5-14(20)18-21/h1-2,5,10,13H,3-4,6-9,11-12H2,(H,23,24)/t13-/m0/s1. The van der Waals surface area contributed by atoms with Gasteiger partial charge in [-0.2, -0.15) is 0 Å². The van der Waals surface area contributed by atoms with Gasteiger partial charge in [0.25, 0.3) is 0 Å². The Morgan fingerprint density at radius 3 is 2.88 bits per heavy atom. The average Bonchev–Trinajstić information content (AvgIpc) is 2.94. The summed E-state index contributed by atoms with van der Waals surface area (Å²) in [6, 6.07) is 5.32. The first-order valence-corrected chi connectivity index (χ1v) is 8.58. The van der Waals surface area contributed by atoms with E-state index in [1.165, 1.54) is 9.08 Å². The van der Waals surface area contributed by atoms with E-state index in [-0.39, 0.29) is 36.9 Å². The van der Waals surface area contributed by atoms with Gasteiger partial charge < -0.3 is 10.0 Å². The van der Waals surface area contributed by atoms with Gasteiger partial charge >= 0.3 is 11.7 Å². The van der Waals surface area contributed by atoms with Gasteiger partial charge in [0.05, 0.1) is 6.54 Å². The monoisotopic (exact) mass is 346 g/mol. The van der Waals surface area contributed by atoms with Gasteiger partial charge in [-0.15, -0.1) is 5.10 Å². The number of amides is 1. The van der Waals surface area contributed by atoms with Crippen LogP contribution < -0.4 is 5.69 Å². The molecule has 0 spiro atoms. The predicted octanol–water partition coefficient (Wildman–Crippen LogP) is 0.989. The largest absolute Gasteiger partial charge is 0.481 e. The molecule has 1 N–H and O–H groups in total. The van der Waals surface area contributed by atoms with Crippen molar-refractivity contribution in [1.82, 2.24) is 19.1 Å². The van der Waals surface area contributed by atoms with Gasteiger partial charge in [-0.25, -0.2) is 9.48 Å². The first-order chi connectivity index (χ1) is 12.0. The van der Waals surface area contributed by atoms with Crippen LogP contribution in [-0.2, 0) is 16.1 Å². The molecule has 0 unspecified atom stereocenters. The Hall–Kier alpha value is -2.64. The van der Waals surface area contributed by atoms with Crippen molar-refractivity contribution < 1.29 is 14.7 Å². The van der Waals surface area contributed by atoms with Crippen LogP contribution in [0, 0.1) is 5.92 Å². The van der Waals surface area contributed by atoms with Crippen LogP contribution in [0.1, 0.15) is 32.1 Å². The molecule has 0 radical (unpaired) electrons. The van der Waals surface area contributed by atoms with E-state index in [2.05, 4.69) is 5.10 Å². The van der Waals surface area contributed by atoms with Crippen LogP contribution in [0.15, 0.2) is 29.2 Å². The minimum absolute atomic E-state index is 0.0102. The van der Waals surface area contributed by atoms with E-state index >= 15 is 0 Å². The van der Waals surface area contributed by atoms with Crippen LogP contribution >= 0.6 is 0 Å². The Labute approximate surface area is 144 Å². The second kappa shape index (κ2) is 7.50. The maximum Gasteiger partial charge on any atom is 0.350 e. The van der Waals surface area contributed by atoms with Crippen molar-refractivity contribution in [2.45, 2.75) is 38.6 Å². The lowest BCUT2D eigenvalue weighted by molar-refractivity contribution is -0.137. The van der Waals surface area contributed by atoms with Crippen LogP contribution in [0.25, 0.3) is 5.65 Å². The number of aryl methyl sites for hydroxylation is 1. The molecule has 25 heavy (non-hydrogen) atoms. The Bertz CT molecular complexity index is 825. The van der Waals surface area contributed by atoms with Gasteiger partial charge in [0, 0.05) is 32.1 Å². The molecule has 1 amide bonds. The minimum atomic E-state index is -0.797. The third kappa shape index (κ3) is 4.07. The van der Waals surface area contributed by atoms with E-state index in [1.54, 1.807) is 23.2 Å². The molecular formula is C17H22N4O4. The first kappa shape index (κ1) is 17.2. The molecule has 0 saturated carbocycles. The lowest BCUT2D eigenvalue weighted by atomic mass is 9.93. The molecule has 134 valence electrons. The molecule has 3 rings (SSSR count). The van der Waals surface area contributed by atoms with Crippen LogP contribution in [0.4, 0.5) is 0 Å². The third-order valence-electron chi connectivity index (χ3n) is 4.66. The smallest absolute Gasteiger partial charge is 0.350 e. The van der Waals surface area contributed by atoms with Gasteiger partial charge in [0.2, 0.25) is 5.91 Å². The van der Waals surface area contributed by atoms with E-state index in [9.17, 15) is 14.4 Å². The maximum atomic E-state index is 12.4. The SMILES string of the molecule is O=C(O)CC[C@@H]1CCCN(C(=O)CCn2nc3ccccn3c2=O)C1. The van der Waals surface area contributed by atoms with E-state index in [0.717, 1.165) is 12.8 Å². The normalized spacial score (nSPS) is 17.8. The third-order valence-corrected chi connectivity index (χ3v) is 4.66. The fourth-order valence-electron chi connectivity index (χ4n) is 3.33. The number of likely N-dealkylation sites (tertiary alicyclic amines) is 1. The van der Waals surface area contributed by atoms with Crippen molar-refractivity contribution in [2.75, 3.05) is 13.1 Å². The number of carboxylic acids is 1. The highest BCUT2D eigenvalue weighted by Gasteiger charge is 2.24. The zero-order chi connectivity index (χ0) is 17.8. The summed E-state index contributed by atoms with van der Waals surface area (Å²) < 4.78 is 2.77. The molecule has 2 aromatic heterocycles. The number of piperidine rings is 1. The topological polar surface area (TPSA) is 96.9 Å². The summed E-state index contributed by atoms with van der Waals surface area (Å²) in [6.07, 6.45) is 4.47. The number of fused-ring (bicyclic) bond motifs is 1. The molecule has 8 nitrogen and oxygen atoms in total. The van der Waals surface area contributed by atoms with Gasteiger partial charge in [-0.1, -0.05) is 6.07 Å². The zero-order valence-electron chi connectivity index (χ0n) is 14.0. The highest BCUT2D eigenvalue weighted by Crippen LogP contribution is 2.21. The Kier molecular flexibility index (Phi) is 5.16. The molecule has 3 heterocycles. The highest BCUT2D eigenvalue weighted by molar-refractivity contribution is 5.76. The quantitative estimate of drug-likeness (QED) is 0.841. The summed E-state index contributed by atoms with van der Waals surface area (Å²) >= 11 is 0. The molecule has 1 aliphatic heterocycles. The van der Waals surface area contributed by atoms with E-state index in [1.807, 2.05) is 6.07 Å². The van der Waals surface area contributed by atoms with Crippen LogP contribution in [-0.4, -0.2) is 49.2 Å². The van der Waals surface area contributed by atoms with Crippen molar-refractivity contribution in [3.63, 3.8) is 0 Å². The van der Waals surface area contributed by atoms with E-state index in [4.69, 9.17) is 5.11 Å². The van der Waals surface area contributed by atoms with Crippen molar-refractivity contribution in [3.8, 4) is 0 Å². The number of aromatic nitrogens is 3. The number of rotatable bonds is 6. The van der Waals surface area contributed by atoms with Crippen LogP contribution in [0.3, 0.4) is 0 Å². The number of nitrogens with zero attached hydrogens (tertiary/aromatic N) is 4. The average molecular weight is 346 g/mol. The molecule has 0 aliphatic carbocycles.